The van der Waals surface area contributed by atoms with E-state index in [9.17, 15) is 0 Å². The van der Waals surface area contributed by atoms with Crippen LogP contribution in [0.15, 0.2) is 0 Å². The van der Waals surface area contributed by atoms with Crippen LogP contribution in [0.3, 0.4) is 0 Å². The van der Waals surface area contributed by atoms with Crippen molar-refractivity contribution in [1.82, 2.24) is 0 Å². The third kappa shape index (κ3) is 1.62. The zero-order valence-corrected chi connectivity index (χ0v) is 14.7. The van der Waals surface area contributed by atoms with E-state index in [-0.39, 0.29) is 17.8 Å². The fourth-order valence-electron chi connectivity index (χ4n) is 5.71. The summed E-state index contributed by atoms with van der Waals surface area (Å²) < 4.78 is 12.7. The molecule has 22 heavy (non-hydrogen) atoms. The number of ether oxygens (including phenoxy) is 2. The lowest BCUT2D eigenvalue weighted by Crippen LogP contribution is -2.74. The Balaban J connectivity index is 1.89. The van der Waals surface area contributed by atoms with Gasteiger partial charge in [-0.15, -0.1) is 0 Å². The van der Waals surface area contributed by atoms with Crippen molar-refractivity contribution in [3.8, 4) is 0 Å². The molecule has 0 N–H and O–H groups in total. The molecule has 4 saturated heterocycles. The molecule has 126 valence electrons. The molecule has 1 saturated carbocycles. The number of hydrogen-bond donors (Lipinski definition) is 0. The third-order valence-electron chi connectivity index (χ3n) is 7.80. The number of fused-ring (bicyclic) bond motifs is 2. The minimum absolute atomic E-state index is 0.0165. The van der Waals surface area contributed by atoms with Gasteiger partial charge in [-0.3, -0.25) is 0 Å². The van der Waals surface area contributed by atoms with Crippen molar-refractivity contribution >= 4 is 0 Å². The highest BCUT2D eigenvalue weighted by Crippen LogP contribution is 2.67. The van der Waals surface area contributed by atoms with Gasteiger partial charge < -0.3 is 9.47 Å². The van der Waals surface area contributed by atoms with Gasteiger partial charge in [0.1, 0.15) is 0 Å². The lowest BCUT2D eigenvalue weighted by molar-refractivity contribution is -0.578. The second-order valence-corrected chi connectivity index (χ2v) is 8.77. The Morgan fingerprint density at radius 1 is 0.955 bits per heavy atom. The van der Waals surface area contributed by atoms with Crippen molar-refractivity contribution in [3.05, 3.63) is 0 Å². The summed E-state index contributed by atoms with van der Waals surface area (Å²) in [5.41, 5.74) is -0.455. The van der Waals surface area contributed by atoms with Crippen molar-refractivity contribution in [2.24, 2.45) is 29.1 Å². The van der Waals surface area contributed by atoms with Crippen molar-refractivity contribution in [2.75, 3.05) is 0 Å². The van der Waals surface area contributed by atoms with E-state index >= 15 is 0 Å². The van der Waals surface area contributed by atoms with Crippen LogP contribution < -0.4 is 0 Å². The molecule has 5 aliphatic rings. The first-order valence-electron chi connectivity index (χ1n) is 8.94. The standard InChI is InChI=1S/C18H30O4/c1-10-9-14-11(2)13(4)19-15-18(14)16(5,12(10)3)7-8-17(6,20-15)21-22-18/h10-15H,7-9H2,1-6H3/t10?,11-,12+,13?,14-,15+,16-,17-,18+/m0/s1. The number of rotatable bonds is 0. The summed E-state index contributed by atoms with van der Waals surface area (Å²) in [7, 11) is 0. The van der Waals surface area contributed by atoms with E-state index < -0.39 is 11.4 Å². The van der Waals surface area contributed by atoms with Crippen LogP contribution in [0.4, 0.5) is 0 Å². The Morgan fingerprint density at radius 2 is 1.68 bits per heavy atom. The zero-order chi connectivity index (χ0) is 15.9. The Morgan fingerprint density at radius 3 is 2.41 bits per heavy atom. The molecule has 9 atom stereocenters. The molecule has 1 spiro atoms. The average Bonchev–Trinajstić information content (AvgIpc) is 2.64. The molecule has 0 radical (unpaired) electrons. The third-order valence-corrected chi connectivity index (χ3v) is 7.80. The van der Waals surface area contributed by atoms with Crippen molar-refractivity contribution in [1.29, 1.82) is 0 Å². The summed E-state index contributed by atoms with van der Waals surface area (Å²) in [4.78, 5) is 12.1. The van der Waals surface area contributed by atoms with Crippen molar-refractivity contribution < 1.29 is 19.2 Å². The van der Waals surface area contributed by atoms with Gasteiger partial charge in [0.25, 0.3) is 0 Å². The summed E-state index contributed by atoms with van der Waals surface area (Å²) in [5, 5.41) is 0. The minimum atomic E-state index is -0.677. The first kappa shape index (κ1) is 15.4. The maximum atomic E-state index is 6.33. The van der Waals surface area contributed by atoms with E-state index in [4.69, 9.17) is 19.2 Å². The fraction of sp³-hybridized carbons (Fsp3) is 1.00. The molecule has 0 amide bonds. The lowest BCUT2D eigenvalue weighted by Gasteiger charge is -2.65. The molecule has 0 aromatic rings. The Hall–Kier alpha value is -0.160. The molecule has 2 bridgehead atoms. The van der Waals surface area contributed by atoms with E-state index in [1.165, 1.54) is 0 Å². The van der Waals surface area contributed by atoms with Crippen LogP contribution in [0.2, 0.25) is 0 Å². The number of hydrogen-bond acceptors (Lipinski definition) is 4. The predicted octanol–water partition coefficient (Wildman–Crippen LogP) is 3.89. The Labute approximate surface area is 133 Å². The van der Waals surface area contributed by atoms with Crippen molar-refractivity contribution in [3.63, 3.8) is 0 Å². The molecule has 4 aliphatic heterocycles. The van der Waals surface area contributed by atoms with Gasteiger partial charge in [0, 0.05) is 17.8 Å². The van der Waals surface area contributed by atoms with Crippen LogP contribution >= 0.6 is 0 Å². The normalized spacial score (nSPS) is 64.1. The van der Waals surface area contributed by atoms with Gasteiger partial charge in [0.05, 0.1) is 6.10 Å². The van der Waals surface area contributed by atoms with Crippen molar-refractivity contribution in [2.45, 2.75) is 84.6 Å². The summed E-state index contributed by atoms with van der Waals surface area (Å²) in [5.74, 6) is 1.43. The van der Waals surface area contributed by atoms with Crippen LogP contribution in [-0.4, -0.2) is 23.8 Å². The van der Waals surface area contributed by atoms with Crippen LogP contribution in [-0.2, 0) is 19.2 Å². The summed E-state index contributed by atoms with van der Waals surface area (Å²) in [6, 6.07) is 0. The highest BCUT2D eigenvalue weighted by atomic mass is 17.3. The molecule has 5 rings (SSSR count). The van der Waals surface area contributed by atoms with Crippen LogP contribution in [0, 0.1) is 29.1 Å². The topological polar surface area (TPSA) is 36.9 Å². The first-order valence-corrected chi connectivity index (χ1v) is 8.94. The minimum Gasteiger partial charge on any atom is -0.346 e. The Bertz CT molecular complexity index is 482. The molecule has 4 heterocycles. The van der Waals surface area contributed by atoms with E-state index in [0.717, 1.165) is 19.3 Å². The SMILES string of the molecule is CC1C[C@H]2[C@@H](C)C(C)O[C@@H]3O[C@]4(C)CC[C@@](C)([C@@H]1C)[C@]32OO4. The molecule has 0 aromatic heterocycles. The zero-order valence-electron chi connectivity index (χ0n) is 14.7. The first-order chi connectivity index (χ1) is 10.2. The van der Waals surface area contributed by atoms with Gasteiger partial charge in [0.15, 0.2) is 11.9 Å². The van der Waals surface area contributed by atoms with Gasteiger partial charge in [-0.2, -0.15) is 0 Å². The monoisotopic (exact) mass is 310 g/mol. The van der Waals surface area contributed by atoms with Gasteiger partial charge in [0.2, 0.25) is 5.79 Å². The summed E-state index contributed by atoms with van der Waals surface area (Å²) in [6.07, 6.45) is 2.96. The van der Waals surface area contributed by atoms with Gasteiger partial charge in [-0.05, 0) is 44.4 Å². The highest BCUT2D eigenvalue weighted by Gasteiger charge is 2.74. The molecule has 5 fully saturated rings. The maximum absolute atomic E-state index is 6.33. The predicted molar refractivity (Wildman–Crippen MR) is 81.7 cm³/mol. The van der Waals surface area contributed by atoms with E-state index in [0.29, 0.717) is 23.7 Å². The maximum Gasteiger partial charge on any atom is 0.201 e. The molecule has 4 heteroatoms. The largest absolute Gasteiger partial charge is 0.346 e. The molecular formula is C18H30O4. The van der Waals surface area contributed by atoms with Crippen LogP contribution in [0.1, 0.15) is 60.8 Å². The van der Waals surface area contributed by atoms with Crippen LogP contribution in [0.25, 0.3) is 0 Å². The molecular weight excluding hydrogens is 280 g/mol. The van der Waals surface area contributed by atoms with E-state index in [2.05, 4.69) is 34.6 Å². The van der Waals surface area contributed by atoms with Gasteiger partial charge in [-0.25, -0.2) is 9.78 Å². The molecule has 1 aliphatic carbocycles. The average molecular weight is 310 g/mol. The Kier molecular flexibility index (Phi) is 3.12. The second kappa shape index (κ2) is 4.47. The van der Waals surface area contributed by atoms with Crippen LogP contribution in [0.5, 0.6) is 0 Å². The van der Waals surface area contributed by atoms with Gasteiger partial charge in [-0.1, -0.05) is 27.7 Å². The molecule has 2 unspecified atom stereocenters. The lowest BCUT2D eigenvalue weighted by atomic mass is 9.47. The van der Waals surface area contributed by atoms with E-state index in [1.807, 2.05) is 6.92 Å². The molecule has 0 aromatic carbocycles. The fourth-order valence-corrected chi connectivity index (χ4v) is 5.71. The molecule has 4 nitrogen and oxygen atoms in total. The summed E-state index contributed by atoms with van der Waals surface area (Å²) >= 11 is 0. The van der Waals surface area contributed by atoms with E-state index in [1.54, 1.807) is 0 Å². The second-order valence-electron chi connectivity index (χ2n) is 8.77. The highest BCUT2D eigenvalue weighted by molar-refractivity contribution is 5.15. The van der Waals surface area contributed by atoms with Gasteiger partial charge >= 0.3 is 0 Å². The quantitative estimate of drug-likeness (QED) is 0.636. The smallest absolute Gasteiger partial charge is 0.201 e. The summed E-state index contributed by atoms with van der Waals surface area (Å²) in [6.45, 7) is 13.6.